The van der Waals surface area contributed by atoms with E-state index in [4.69, 9.17) is 0 Å². The number of hydrogen-bond acceptors (Lipinski definition) is 4. The summed E-state index contributed by atoms with van der Waals surface area (Å²) in [6, 6.07) is -0.283. The van der Waals surface area contributed by atoms with Crippen LogP contribution in [0.5, 0.6) is 0 Å². The molecule has 6 nitrogen and oxygen atoms in total. The molecule has 2 aliphatic heterocycles. The number of sulfonamides is 1. The van der Waals surface area contributed by atoms with E-state index in [-0.39, 0.29) is 28.7 Å². The van der Waals surface area contributed by atoms with Gasteiger partial charge in [-0.25, -0.2) is 13.1 Å². The van der Waals surface area contributed by atoms with Crippen LogP contribution in [0.3, 0.4) is 0 Å². The summed E-state index contributed by atoms with van der Waals surface area (Å²) in [7, 11) is -1.36. The molecule has 2 heterocycles. The van der Waals surface area contributed by atoms with E-state index in [1.165, 1.54) is 0 Å². The lowest BCUT2D eigenvalue weighted by molar-refractivity contribution is -0.118. The minimum absolute atomic E-state index is 0.0794. The molecule has 4 aliphatic rings. The third-order valence-corrected chi connectivity index (χ3v) is 9.23. The lowest BCUT2D eigenvalue weighted by Crippen LogP contribution is -2.52. The molecule has 2 aliphatic carbocycles. The number of hydrogen-bond donors (Lipinski definition) is 2. The molecule has 4 unspecified atom stereocenters. The fraction of sp³-hybridized carbons (Fsp3) is 0.824. The SMILES string of the molecule is CN1CCC=C(C(=O)NC2C3CCC4(CNS(=O)(=O)C24)C3(C)C)C1. The first-order valence-electron chi connectivity index (χ1n) is 8.86. The monoisotopic (exact) mass is 353 g/mol. The molecule has 0 aromatic carbocycles. The summed E-state index contributed by atoms with van der Waals surface area (Å²) in [6.07, 6.45) is 4.78. The Morgan fingerprint density at radius 2 is 2.17 bits per heavy atom. The first-order valence-corrected chi connectivity index (χ1v) is 10.4. The molecule has 24 heavy (non-hydrogen) atoms. The molecule has 0 radical (unpaired) electrons. The third kappa shape index (κ3) is 2.01. The summed E-state index contributed by atoms with van der Waals surface area (Å²) in [4.78, 5) is 14.9. The predicted octanol–water partition coefficient (Wildman–Crippen LogP) is 0.471. The maximum absolute atomic E-state index is 12.8. The first kappa shape index (κ1) is 16.5. The van der Waals surface area contributed by atoms with E-state index in [1.54, 1.807) is 0 Å². The van der Waals surface area contributed by atoms with Crippen molar-refractivity contribution in [1.29, 1.82) is 0 Å². The van der Waals surface area contributed by atoms with E-state index >= 15 is 0 Å². The summed E-state index contributed by atoms with van der Waals surface area (Å²) in [5.41, 5.74) is 0.442. The van der Waals surface area contributed by atoms with E-state index < -0.39 is 15.3 Å². The predicted molar refractivity (Wildman–Crippen MR) is 91.8 cm³/mol. The average molecular weight is 353 g/mol. The molecule has 2 N–H and O–H groups in total. The Kier molecular flexibility index (Phi) is 3.48. The highest BCUT2D eigenvalue weighted by molar-refractivity contribution is 7.90. The molecular weight excluding hydrogens is 326 g/mol. The van der Waals surface area contributed by atoms with Gasteiger partial charge >= 0.3 is 0 Å². The Morgan fingerprint density at radius 3 is 2.88 bits per heavy atom. The van der Waals surface area contributed by atoms with Crippen LogP contribution in [-0.4, -0.2) is 57.2 Å². The quantitative estimate of drug-likeness (QED) is 0.756. The molecule has 134 valence electrons. The Balaban J connectivity index is 1.64. The van der Waals surface area contributed by atoms with Crippen LogP contribution in [-0.2, 0) is 14.8 Å². The molecule has 4 atom stereocenters. The summed E-state index contributed by atoms with van der Waals surface area (Å²) >= 11 is 0. The van der Waals surface area contributed by atoms with Gasteiger partial charge in [-0.1, -0.05) is 19.9 Å². The average Bonchev–Trinajstić information content (AvgIpc) is 3.01. The minimum atomic E-state index is -3.37. The molecule has 7 heteroatoms. The molecule has 1 spiro atoms. The van der Waals surface area contributed by atoms with Crippen LogP contribution in [0.15, 0.2) is 11.6 Å². The van der Waals surface area contributed by atoms with Gasteiger partial charge < -0.3 is 10.2 Å². The van der Waals surface area contributed by atoms with Crippen LogP contribution in [0.4, 0.5) is 0 Å². The van der Waals surface area contributed by atoms with Gasteiger partial charge in [0.05, 0.1) is 6.04 Å². The van der Waals surface area contributed by atoms with Crippen molar-refractivity contribution in [3.05, 3.63) is 11.6 Å². The topological polar surface area (TPSA) is 78.5 Å². The number of fused-ring (bicyclic) bond motifs is 1. The molecule has 1 saturated heterocycles. The number of likely N-dealkylation sites (N-methyl/N-ethyl adjacent to an activating group) is 1. The number of carbonyl (C=O) groups excluding carboxylic acids is 1. The van der Waals surface area contributed by atoms with Crippen molar-refractivity contribution in [2.24, 2.45) is 16.7 Å². The van der Waals surface area contributed by atoms with E-state index in [9.17, 15) is 13.2 Å². The van der Waals surface area contributed by atoms with E-state index in [1.807, 2.05) is 13.1 Å². The van der Waals surface area contributed by atoms with Gasteiger partial charge in [0, 0.05) is 30.6 Å². The van der Waals surface area contributed by atoms with Crippen molar-refractivity contribution >= 4 is 15.9 Å². The van der Waals surface area contributed by atoms with E-state index in [0.717, 1.165) is 31.4 Å². The highest BCUT2D eigenvalue weighted by Crippen LogP contribution is 2.68. The van der Waals surface area contributed by atoms with Crippen LogP contribution in [0.25, 0.3) is 0 Å². The standard InChI is InChI=1S/C17H27N3O3S/c1-16(2)12-6-7-17(16)10-18-24(22,23)14(17)13(12)19-15(21)11-5-4-8-20(3)9-11/h5,12-14,18H,4,6-10H2,1-3H3,(H,19,21). The number of carbonyl (C=O) groups is 1. The van der Waals surface area contributed by atoms with Crippen LogP contribution in [0.1, 0.15) is 33.1 Å². The van der Waals surface area contributed by atoms with Gasteiger partial charge in [-0.05, 0) is 37.6 Å². The smallest absolute Gasteiger partial charge is 0.248 e. The van der Waals surface area contributed by atoms with Crippen molar-refractivity contribution in [1.82, 2.24) is 14.9 Å². The van der Waals surface area contributed by atoms with Gasteiger partial charge in [0.2, 0.25) is 15.9 Å². The fourth-order valence-corrected chi connectivity index (χ4v) is 8.24. The second kappa shape index (κ2) is 5.05. The highest BCUT2D eigenvalue weighted by atomic mass is 32.2. The molecular formula is C17H27N3O3S. The maximum atomic E-state index is 12.8. The number of amides is 1. The van der Waals surface area contributed by atoms with Crippen molar-refractivity contribution in [3.63, 3.8) is 0 Å². The van der Waals surface area contributed by atoms with Gasteiger partial charge in [0.15, 0.2) is 0 Å². The zero-order chi connectivity index (χ0) is 17.3. The second-order valence-corrected chi connectivity index (χ2v) is 10.5. The summed E-state index contributed by atoms with van der Waals surface area (Å²) in [5, 5.41) is 2.63. The van der Waals surface area contributed by atoms with Crippen LogP contribution in [0.2, 0.25) is 0 Å². The molecule has 0 aromatic rings. The number of nitrogens with zero attached hydrogens (tertiary/aromatic N) is 1. The third-order valence-electron chi connectivity index (χ3n) is 7.27. The summed E-state index contributed by atoms with van der Waals surface area (Å²) < 4.78 is 28.1. The summed E-state index contributed by atoms with van der Waals surface area (Å²) in [6.45, 7) is 6.47. The van der Waals surface area contributed by atoms with Gasteiger partial charge in [-0.15, -0.1) is 0 Å². The Hall–Kier alpha value is -0.920. The van der Waals surface area contributed by atoms with Crippen LogP contribution in [0, 0.1) is 16.7 Å². The number of nitrogens with one attached hydrogen (secondary N) is 2. The molecule has 4 rings (SSSR count). The van der Waals surface area contributed by atoms with Crippen molar-refractivity contribution in [2.45, 2.75) is 44.4 Å². The van der Waals surface area contributed by atoms with Gasteiger partial charge in [0.1, 0.15) is 5.25 Å². The van der Waals surface area contributed by atoms with Crippen LogP contribution < -0.4 is 10.0 Å². The van der Waals surface area contributed by atoms with Gasteiger partial charge in [-0.2, -0.15) is 0 Å². The van der Waals surface area contributed by atoms with Gasteiger partial charge in [0.25, 0.3) is 0 Å². The molecule has 2 saturated carbocycles. The summed E-state index contributed by atoms with van der Waals surface area (Å²) in [5.74, 6) is 0.136. The second-order valence-electron chi connectivity index (χ2n) is 8.56. The minimum Gasteiger partial charge on any atom is -0.348 e. The lowest BCUT2D eigenvalue weighted by atomic mass is 9.69. The Bertz CT molecular complexity index is 715. The molecule has 1 amide bonds. The first-order chi connectivity index (χ1) is 11.2. The van der Waals surface area contributed by atoms with E-state index in [0.29, 0.717) is 13.1 Å². The fourth-order valence-electron chi connectivity index (χ4n) is 5.86. The normalized spacial score (nSPS) is 42.6. The highest BCUT2D eigenvalue weighted by Gasteiger charge is 2.74. The van der Waals surface area contributed by atoms with Crippen molar-refractivity contribution in [2.75, 3.05) is 26.7 Å². The Morgan fingerprint density at radius 1 is 1.42 bits per heavy atom. The Labute approximate surface area is 144 Å². The van der Waals surface area contributed by atoms with Crippen molar-refractivity contribution < 1.29 is 13.2 Å². The molecule has 3 fully saturated rings. The molecule has 0 aromatic heterocycles. The lowest BCUT2D eigenvalue weighted by Gasteiger charge is -2.36. The van der Waals surface area contributed by atoms with Crippen LogP contribution >= 0.6 is 0 Å². The molecule has 2 bridgehead atoms. The zero-order valence-corrected chi connectivity index (χ0v) is 15.4. The zero-order valence-electron chi connectivity index (χ0n) is 14.6. The largest absolute Gasteiger partial charge is 0.348 e. The van der Waals surface area contributed by atoms with Crippen molar-refractivity contribution in [3.8, 4) is 0 Å². The number of rotatable bonds is 2. The maximum Gasteiger partial charge on any atom is 0.248 e. The van der Waals surface area contributed by atoms with Gasteiger partial charge in [-0.3, -0.25) is 4.79 Å². The van der Waals surface area contributed by atoms with E-state index in [2.05, 4.69) is 28.8 Å².